The van der Waals surface area contributed by atoms with E-state index in [9.17, 15) is 9.59 Å². The second kappa shape index (κ2) is 4.17. The number of nitrogens with two attached hydrogens (primary N) is 1. The Balaban J connectivity index is 2.06. The highest BCUT2D eigenvalue weighted by atomic mass is 32.1. The quantitative estimate of drug-likeness (QED) is 0.671. The molecule has 1 aliphatic rings. The molecule has 0 saturated carbocycles. The Morgan fingerprint density at radius 1 is 1.32 bits per heavy atom. The molecule has 6 heteroatoms. The van der Waals surface area contributed by atoms with E-state index in [0.29, 0.717) is 16.8 Å². The molecular formula is C13H11N3O2S. The molecule has 3 rings (SSSR count). The van der Waals surface area contributed by atoms with Gasteiger partial charge in [0.25, 0.3) is 11.8 Å². The fourth-order valence-electron chi connectivity index (χ4n) is 2.23. The zero-order valence-corrected chi connectivity index (χ0v) is 11.0. The maximum Gasteiger partial charge on any atom is 0.264 e. The number of amides is 2. The Morgan fingerprint density at radius 3 is 2.74 bits per heavy atom. The summed E-state index contributed by atoms with van der Waals surface area (Å²) in [6.07, 6.45) is 1.66. The normalized spacial score (nSPS) is 15.7. The van der Waals surface area contributed by atoms with Crippen LogP contribution in [-0.4, -0.2) is 21.7 Å². The van der Waals surface area contributed by atoms with Crippen molar-refractivity contribution >= 4 is 28.8 Å². The number of hydrogen-bond donors (Lipinski definition) is 1. The average Bonchev–Trinajstić information content (AvgIpc) is 2.98. The third-order valence-electron chi connectivity index (χ3n) is 3.17. The number of nitrogens with zero attached hydrogens (tertiary/aromatic N) is 2. The van der Waals surface area contributed by atoms with E-state index in [4.69, 9.17) is 5.73 Å². The summed E-state index contributed by atoms with van der Waals surface area (Å²) in [5.74, 6) is -0.657. The number of benzene rings is 1. The smallest absolute Gasteiger partial charge is 0.264 e. The van der Waals surface area contributed by atoms with Gasteiger partial charge >= 0.3 is 0 Å². The number of thiazole rings is 1. The van der Waals surface area contributed by atoms with Crippen LogP contribution in [0.15, 0.2) is 29.8 Å². The lowest BCUT2D eigenvalue weighted by Gasteiger charge is -2.20. The number of carbonyl (C=O) groups is 2. The highest BCUT2D eigenvalue weighted by molar-refractivity contribution is 7.09. The number of hydrogen-bond acceptors (Lipinski definition) is 5. The predicted octanol–water partition coefficient (Wildman–Crippen LogP) is 2.08. The Morgan fingerprint density at radius 2 is 2.11 bits per heavy atom. The van der Waals surface area contributed by atoms with Gasteiger partial charge in [-0.25, -0.2) is 4.98 Å². The van der Waals surface area contributed by atoms with Gasteiger partial charge in [0.1, 0.15) is 5.01 Å². The van der Waals surface area contributed by atoms with Crippen LogP contribution in [0.5, 0.6) is 0 Å². The number of aromatic nitrogens is 1. The van der Waals surface area contributed by atoms with Gasteiger partial charge in [0, 0.05) is 17.3 Å². The molecule has 0 bridgehead atoms. The van der Waals surface area contributed by atoms with Gasteiger partial charge in [0.2, 0.25) is 0 Å². The van der Waals surface area contributed by atoms with Crippen LogP contribution >= 0.6 is 11.3 Å². The minimum absolute atomic E-state index is 0.302. The minimum Gasteiger partial charge on any atom is -0.398 e. The molecule has 19 heavy (non-hydrogen) atoms. The van der Waals surface area contributed by atoms with Crippen molar-refractivity contribution in [2.45, 2.75) is 13.0 Å². The van der Waals surface area contributed by atoms with Crippen LogP contribution in [-0.2, 0) is 0 Å². The number of fused-ring (bicyclic) bond motifs is 1. The van der Waals surface area contributed by atoms with Crippen LogP contribution in [0.2, 0.25) is 0 Å². The summed E-state index contributed by atoms with van der Waals surface area (Å²) >= 11 is 1.42. The molecule has 2 amide bonds. The summed E-state index contributed by atoms with van der Waals surface area (Å²) < 4.78 is 0. The number of nitrogen functional groups attached to an aromatic ring is 1. The van der Waals surface area contributed by atoms with E-state index < -0.39 is 0 Å². The number of rotatable bonds is 2. The number of carbonyl (C=O) groups excluding carboxylic acids is 2. The summed E-state index contributed by atoms with van der Waals surface area (Å²) in [6, 6.07) is 4.55. The molecule has 2 N–H and O–H groups in total. The fraction of sp³-hybridized carbons (Fsp3) is 0.154. The van der Waals surface area contributed by atoms with Crippen LogP contribution in [0.25, 0.3) is 0 Å². The highest BCUT2D eigenvalue weighted by Crippen LogP contribution is 2.34. The van der Waals surface area contributed by atoms with Crippen LogP contribution < -0.4 is 5.73 Å². The lowest BCUT2D eigenvalue weighted by molar-refractivity contribution is 0.0595. The maximum atomic E-state index is 12.4. The molecule has 0 spiro atoms. The van der Waals surface area contributed by atoms with Gasteiger partial charge in [-0.05, 0) is 19.1 Å². The standard InChI is InChI=1S/C13H11N3O2S/c1-7(11-15-5-6-19-11)16-12(17)8-3-2-4-9(14)10(8)13(16)18/h2-7H,14H2,1H3. The van der Waals surface area contributed by atoms with Crippen LogP contribution in [0.3, 0.4) is 0 Å². The topological polar surface area (TPSA) is 76.3 Å². The predicted molar refractivity (Wildman–Crippen MR) is 71.9 cm³/mol. The molecule has 1 aliphatic heterocycles. The van der Waals surface area contributed by atoms with Crippen LogP contribution in [0.1, 0.15) is 38.7 Å². The number of imide groups is 1. The molecule has 1 aromatic heterocycles. The van der Waals surface area contributed by atoms with Crippen LogP contribution in [0, 0.1) is 0 Å². The fourth-order valence-corrected chi connectivity index (χ4v) is 2.92. The molecule has 2 aromatic rings. The summed E-state index contributed by atoms with van der Waals surface area (Å²) in [7, 11) is 0. The first-order valence-electron chi connectivity index (χ1n) is 5.77. The lowest BCUT2D eigenvalue weighted by Crippen LogP contribution is -2.32. The first-order valence-corrected chi connectivity index (χ1v) is 6.65. The lowest BCUT2D eigenvalue weighted by atomic mass is 10.1. The van der Waals surface area contributed by atoms with Gasteiger partial charge < -0.3 is 5.73 Å². The molecule has 0 radical (unpaired) electrons. The van der Waals surface area contributed by atoms with Crippen molar-refractivity contribution < 1.29 is 9.59 Å². The summed E-state index contributed by atoms with van der Waals surface area (Å²) in [4.78, 5) is 30.1. The van der Waals surface area contributed by atoms with E-state index in [1.807, 2.05) is 5.38 Å². The van der Waals surface area contributed by atoms with E-state index >= 15 is 0 Å². The van der Waals surface area contributed by atoms with Gasteiger partial charge in [-0.3, -0.25) is 14.5 Å². The summed E-state index contributed by atoms with van der Waals surface area (Å²) in [5.41, 5.74) is 6.80. The first-order chi connectivity index (χ1) is 9.11. The van der Waals surface area contributed by atoms with Crippen molar-refractivity contribution in [1.82, 2.24) is 9.88 Å². The Bertz CT molecular complexity index is 667. The Kier molecular flexibility index (Phi) is 2.60. The summed E-state index contributed by atoms with van der Waals surface area (Å²) in [6.45, 7) is 1.79. The van der Waals surface area contributed by atoms with Gasteiger partial charge in [-0.2, -0.15) is 0 Å². The minimum atomic E-state index is -0.383. The second-order valence-electron chi connectivity index (χ2n) is 4.30. The van der Waals surface area contributed by atoms with E-state index in [1.165, 1.54) is 16.2 Å². The van der Waals surface area contributed by atoms with Crippen molar-refractivity contribution in [2.24, 2.45) is 0 Å². The van der Waals surface area contributed by atoms with E-state index in [-0.39, 0.29) is 17.9 Å². The maximum absolute atomic E-state index is 12.4. The molecule has 5 nitrogen and oxygen atoms in total. The molecule has 1 aromatic carbocycles. The van der Waals surface area contributed by atoms with Crippen molar-refractivity contribution in [3.05, 3.63) is 45.9 Å². The zero-order chi connectivity index (χ0) is 13.6. The molecule has 96 valence electrons. The zero-order valence-electron chi connectivity index (χ0n) is 10.2. The van der Waals surface area contributed by atoms with Gasteiger partial charge in [-0.1, -0.05) is 6.07 Å². The van der Waals surface area contributed by atoms with Crippen molar-refractivity contribution in [3.63, 3.8) is 0 Å². The molecule has 2 heterocycles. The molecular weight excluding hydrogens is 262 g/mol. The van der Waals surface area contributed by atoms with Gasteiger partial charge in [-0.15, -0.1) is 11.3 Å². The first kappa shape index (κ1) is 11.9. The second-order valence-corrected chi connectivity index (χ2v) is 5.22. The highest BCUT2D eigenvalue weighted by Gasteiger charge is 2.40. The van der Waals surface area contributed by atoms with E-state index in [1.54, 1.807) is 31.3 Å². The third-order valence-corrected chi connectivity index (χ3v) is 4.12. The van der Waals surface area contributed by atoms with Crippen LogP contribution in [0.4, 0.5) is 5.69 Å². The van der Waals surface area contributed by atoms with E-state index in [0.717, 1.165) is 5.01 Å². The monoisotopic (exact) mass is 273 g/mol. The Hall–Kier alpha value is -2.21. The number of anilines is 1. The van der Waals surface area contributed by atoms with Crippen molar-refractivity contribution in [1.29, 1.82) is 0 Å². The van der Waals surface area contributed by atoms with Crippen molar-refractivity contribution in [2.75, 3.05) is 5.73 Å². The Labute approximate surface area is 113 Å². The van der Waals surface area contributed by atoms with Gasteiger partial charge in [0.05, 0.1) is 17.2 Å². The molecule has 0 aliphatic carbocycles. The third kappa shape index (κ3) is 1.64. The van der Waals surface area contributed by atoms with Crippen molar-refractivity contribution in [3.8, 4) is 0 Å². The molecule has 1 atom stereocenters. The SMILES string of the molecule is CC(c1nccs1)N1C(=O)c2cccc(N)c2C1=O. The van der Waals surface area contributed by atoms with Gasteiger partial charge in [0.15, 0.2) is 0 Å². The molecule has 0 fully saturated rings. The molecule has 1 unspecified atom stereocenters. The van der Waals surface area contributed by atoms with E-state index in [2.05, 4.69) is 4.98 Å². The summed E-state index contributed by atoms with van der Waals surface area (Å²) in [5, 5.41) is 2.55. The largest absolute Gasteiger partial charge is 0.398 e. The average molecular weight is 273 g/mol. The molecule has 0 saturated heterocycles.